The third kappa shape index (κ3) is 15.4. The molecule has 2 heteroatoms. The van der Waals surface area contributed by atoms with Gasteiger partial charge < -0.3 is 0 Å². The molecule has 0 aliphatic heterocycles. The summed E-state index contributed by atoms with van der Waals surface area (Å²) in [6.45, 7) is 6.91. The molecule has 0 aromatic carbocycles. The molecule has 2 nitrogen and oxygen atoms in total. The maximum Gasteiger partial charge on any atom is 0.169 e. The predicted octanol–water partition coefficient (Wildman–Crippen LogP) is 9.11. The fourth-order valence-electron chi connectivity index (χ4n) is 5.12. The zero-order valence-electron chi connectivity index (χ0n) is 24.1. The van der Waals surface area contributed by atoms with Gasteiger partial charge in [0.1, 0.15) is 13.1 Å². The van der Waals surface area contributed by atoms with E-state index in [1.807, 2.05) is 0 Å². The summed E-state index contributed by atoms with van der Waals surface area (Å²) in [7, 11) is 0. The Morgan fingerprint density at radius 2 is 0.694 bits per heavy atom. The van der Waals surface area contributed by atoms with Gasteiger partial charge in [0.15, 0.2) is 24.8 Å². The molecular weight excluding hydrogens is 436 g/mol. The van der Waals surface area contributed by atoms with E-state index >= 15 is 0 Å². The number of nitrogens with zero attached hydrogens (tertiary/aromatic N) is 2. The molecule has 0 saturated carbocycles. The lowest BCUT2D eigenvalue weighted by Crippen LogP contribution is -2.32. The first kappa shape index (κ1) is 30.5. The van der Waals surface area contributed by atoms with Crippen LogP contribution in [0.1, 0.15) is 141 Å². The van der Waals surface area contributed by atoms with Gasteiger partial charge >= 0.3 is 0 Å². The van der Waals surface area contributed by atoms with Gasteiger partial charge in [0.05, 0.1) is 0 Å². The zero-order chi connectivity index (χ0) is 25.5. The summed E-state index contributed by atoms with van der Waals surface area (Å²) < 4.78 is 4.74. The number of pyridine rings is 2. The number of hydrogen-bond acceptors (Lipinski definition) is 0. The largest absolute Gasteiger partial charge is 0.205 e. The van der Waals surface area contributed by atoms with E-state index in [0.29, 0.717) is 0 Å². The van der Waals surface area contributed by atoms with Crippen LogP contribution < -0.4 is 9.13 Å². The maximum atomic E-state index is 2.37. The van der Waals surface area contributed by atoms with Crippen LogP contribution in [-0.4, -0.2) is 0 Å². The van der Waals surface area contributed by atoms with Gasteiger partial charge in [0, 0.05) is 37.1 Å². The summed E-state index contributed by atoms with van der Waals surface area (Å²) in [5.41, 5.74) is 3.00. The minimum Gasteiger partial charge on any atom is -0.205 e. The Balaban J connectivity index is 1.33. The molecule has 0 radical (unpaired) electrons. The molecule has 0 fully saturated rings. The van der Waals surface area contributed by atoms with Crippen LogP contribution in [-0.2, 0) is 25.9 Å². The predicted molar refractivity (Wildman–Crippen MR) is 155 cm³/mol. The highest BCUT2D eigenvalue weighted by Crippen LogP contribution is 2.12. The maximum absolute atomic E-state index is 2.37. The molecule has 0 saturated heterocycles. The van der Waals surface area contributed by atoms with E-state index in [4.69, 9.17) is 0 Å². The van der Waals surface area contributed by atoms with Crippen molar-refractivity contribution in [3.8, 4) is 0 Å². The Labute approximate surface area is 224 Å². The molecular formula is C34H58N2+2. The van der Waals surface area contributed by atoms with Crippen LogP contribution >= 0.6 is 0 Å². The standard InChI is InChI=1S/C34H58N2/c1-3-5-17-21-33-23-29-35(30-24-33)27-19-15-13-11-9-7-8-10-12-14-16-20-28-36-31-25-34(26-32-36)22-18-6-4-2/h23-26,29-32H,3-22,27-28H2,1-2H3/q+2. The fraction of sp³-hybridized carbons (Fsp3) is 0.706. The second kappa shape index (κ2) is 21.4. The Kier molecular flexibility index (Phi) is 18.1. The molecule has 0 amide bonds. The number of aromatic nitrogens is 2. The average Bonchev–Trinajstić information content (AvgIpc) is 2.91. The zero-order valence-corrected chi connectivity index (χ0v) is 24.1. The molecule has 0 N–H and O–H groups in total. The van der Waals surface area contributed by atoms with Crippen LogP contribution in [0.2, 0.25) is 0 Å². The molecule has 2 aromatic heterocycles. The lowest BCUT2D eigenvalue weighted by molar-refractivity contribution is -0.697. The number of hydrogen-bond donors (Lipinski definition) is 0. The Hall–Kier alpha value is -1.70. The molecule has 0 atom stereocenters. The van der Waals surface area contributed by atoms with Crippen LogP contribution in [0.25, 0.3) is 0 Å². The summed E-state index contributed by atoms with van der Waals surface area (Å²) in [5.74, 6) is 0. The summed E-state index contributed by atoms with van der Waals surface area (Å²) >= 11 is 0. The Morgan fingerprint density at radius 1 is 0.389 bits per heavy atom. The molecule has 2 heterocycles. The first-order chi connectivity index (χ1) is 17.8. The molecule has 0 bridgehead atoms. The number of unbranched alkanes of at least 4 members (excludes halogenated alkanes) is 15. The van der Waals surface area contributed by atoms with Gasteiger partial charge in [-0.05, 0) is 49.7 Å². The third-order valence-electron chi connectivity index (χ3n) is 7.64. The van der Waals surface area contributed by atoms with Gasteiger partial charge in [-0.2, -0.15) is 0 Å². The Bertz CT molecular complexity index is 669. The lowest BCUT2D eigenvalue weighted by atomic mass is 10.0. The van der Waals surface area contributed by atoms with Crippen LogP contribution in [0.3, 0.4) is 0 Å². The molecule has 0 unspecified atom stereocenters. The van der Waals surface area contributed by atoms with Crippen molar-refractivity contribution in [2.45, 2.75) is 155 Å². The van der Waals surface area contributed by atoms with E-state index in [1.165, 1.54) is 153 Å². The summed E-state index contributed by atoms with van der Waals surface area (Å²) in [6.07, 6.45) is 36.4. The van der Waals surface area contributed by atoms with E-state index in [2.05, 4.69) is 72.0 Å². The first-order valence-electron chi connectivity index (χ1n) is 15.8. The SMILES string of the molecule is CCCCCc1cc[n+](CCCCCCCCCCCCCC[n+]2ccc(CCCCC)cc2)cc1. The minimum absolute atomic E-state index is 1.18. The van der Waals surface area contributed by atoms with Crippen molar-refractivity contribution in [3.05, 3.63) is 60.2 Å². The van der Waals surface area contributed by atoms with Gasteiger partial charge in [-0.25, -0.2) is 9.13 Å². The average molecular weight is 495 g/mol. The topological polar surface area (TPSA) is 7.76 Å². The normalized spacial score (nSPS) is 11.3. The monoisotopic (exact) mass is 494 g/mol. The fourth-order valence-corrected chi connectivity index (χ4v) is 5.12. The van der Waals surface area contributed by atoms with Crippen molar-refractivity contribution in [2.24, 2.45) is 0 Å². The molecule has 36 heavy (non-hydrogen) atoms. The van der Waals surface area contributed by atoms with E-state index < -0.39 is 0 Å². The van der Waals surface area contributed by atoms with Gasteiger partial charge in [-0.3, -0.25) is 0 Å². The van der Waals surface area contributed by atoms with Crippen LogP contribution in [0.15, 0.2) is 49.1 Å². The molecule has 2 rings (SSSR count). The van der Waals surface area contributed by atoms with Gasteiger partial charge in [-0.15, -0.1) is 0 Å². The molecule has 0 spiro atoms. The third-order valence-corrected chi connectivity index (χ3v) is 7.64. The highest BCUT2D eigenvalue weighted by molar-refractivity contribution is 5.07. The molecule has 0 aliphatic rings. The van der Waals surface area contributed by atoms with E-state index in [1.54, 1.807) is 0 Å². The Morgan fingerprint density at radius 3 is 1.00 bits per heavy atom. The smallest absolute Gasteiger partial charge is 0.169 e. The van der Waals surface area contributed by atoms with Gasteiger partial charge in [-0.1, -0.05) is 90.9 Å². The van der Waals surface area contributed by atoms with Crippen molar-refractivity contribution < 1.29 is 9.13 Å². The van der Waals surface area contributed by atoms with E-state index in [0.717, 1.165) is 0 Å². The van der Waals surface area contributed by atoms with Gasteiger partial charge in [0.2, 0.25) is 0 Å². The quantitative estimate of drug-likeness (QED) is 0.107. The van der Waals surface area contributed by atoms with Crippen LogP contribution in [0.4, 0.5) is 0 Å². The lowest BCUT2D eigenvalue weighted by Gasteiger charge is -2.03. The highest BCUT2D eigenvalue weighted by Gasteiger charge is 2.03. The molecule has 0 aliphatic carbocycles. The summed E-state index contributed by atoms with van der Waals surface area (Å²) in [4.78, 5) is 0. The minimum atomic E-state index is 1.18. The first-order valence-corrected chi connectivity index (χ1v) is 15.8. The van der Waals surface area contributed by atoms with E-state index in [9.17, 15) is 0 Å². The van der Waals surface area contributed by atoms with Crippen LogP contribution in [0, 0.1) is 0 Å². The second-order valence-corrected chi connectivity index (χ2v) is 11.0. The summed E-state index contributed by atoms with van der Waals surface area (Å²) in [6, 6.07) is 9.29. The number of aryl methyl sites for hydroxylation is 4. The summed E-state index contributed by atoms with van der Waals surface area (Å²) in [5, 5.41) is 0. The molecule has 2 aromatic rings. The van der Waals surface area contributed by atoms with Crippen molar-refractivity contribution >= 4 is 0 Å². The highest BCUT2D eigenvalue weighted by atomic mass is 14.9. The van der Waals surface area contributed by atoms with E-state index in [-0.39, 0.29) is 0 Å². The molecule has 202 valence electrons. The van der Waals surface area contributed by atoms with Crippen molar-refractivity contribution in [3.63, 3.8) is 0 Å². The van der Waals surface area contributed by atoms with Gasteiger partial charge in [0.25, 0.3) is 0 Å². The van der Waals surface area contributed by atoms with Crippen molar-refractivity contribution in [1.82, 2.24) is 0 Å². The number of rotatable bonds is 23. The van der Waals surface area contributed by atoms with Crippen molar-refractivity contribution in [2.75, 3.05) is 0 Å². The van der Waals surface area contributed by atoms with Crippen molar-refractivity contribution in [1.29, 1.82) is 0 Å². The van der Waals surface area contributed by atoms with Crippen LogP contribution in [0.5, 0.6) is 0 Å². The second-order valence-electron chi connectivity index (χ2n) is 11.0.